The Hall–Kier alpha value is -1.50. The molecule has 1 fully saturated rings. The summed E-state index contributed by atoms with van der Waals surface area (Å²) in [4.78, 5) is 15.4. The van der Waals surface area contributed by atoms with Crippen molar-refractivity contribution < 1.29 is 5.11 Å². The molecule has 25 heavy (non-hydrogen) atoms. The van der Waals surface area contributed by atoms with Crippen LogP contribution < -0.4 is 0 Å². The summed E-state index contributed by atoms with van der Waals surface area (Å²) in [6.07, 6.45) is 9.94. The third-order valence-corrected chi connectivity index (χ3v) is 6.01. The topological polar surface area (TPSA) is 62.1 Å². The summed E-state index contributed by atoms with van der Waals surface area (Å²) >= 11 is 1.72. The molecule has 0 aliphatic carbocycles. The van der Waals surface area contributed by atoms with E-state index in [-0.39, 0.29) is 0 Å². The van der Waals surface area contributed by atoms with Gasteiger partial charge < -0.3 is 5.11 Å². The molecule has 0 amide bonds. The summed E-state index contributed by atoms with van der Waals surface area (Å²) in [5.41, 5.74) is 1.29. The molecular weight excluding hydrogens is 332 g/mol. The molecule has 0 aromatic carbocycles. The van der Waals surface area contributed by atoms with Gasteiger partial charge in [-0.05, 0) is 25.3 Å². The predicted molar refractivity (Wildman–Crippen MR) is 100 cm³/mol. The Bertz CT molecular complexity index is 657. The molecule has 3 rings (SSSR count). The minimum absolute atomic E-state index is 0.540. The zero-order chi connectivity index (χ0) is 17.7. The second-order valence-corrected chi connectivity index (χ2v) is 8.17. The second kappa shape index (κ2) is 8.25. The van der Waals surface area contributed by atoms with E-state index in [0.29, 0.717) is 5.25 Å². The molecule has 1 saturated heterocycles. The van der Waals surface area contributed by atoms with E-state index in [1.54, 1.807) is 24.2 Å². The smallest absolute Gasteiger partial charge is 0.187 e. The van der Waals surface area contributed by atoms with Crippen LogP contribution in [-0.4, -0.2) is 43.3 Å². The maximum Gasteiger partial charge on any atom is 0.187 e. The van der Waals surface area contributed by atoms with Crippen molar-refractivity contribution in [1.29, 1.82) is 0 Å². The van der Waals surface area contributed by atoms with E-state index in [1.165, 1.54) is 0 Å². The fourth-order valence-corrected chi connectivity index (χ4v) is 3.77. The van der Waals surface area contributed by atoms with Crippen LogP contribution in [0.1, 0.15) is 44.2 Å². The van der Waals surface area contributed by atoms with Gasteiger partial charge >= 0.3 is 0 Å². The zero-order valence-corrected chi connectivity index (χ0v) is 15.7. The van der Waals surface area contributed by atoms with Gasteiger partial charge in [0, 0.05) is 60.8 Å². The fourth-order valence-electron chi connectivity index (χ4n) is 3.01. The molecule has 3 heterocycles. The van der Waals surface area contributed by atoms with Crippen LogP contribution in [0.5, 0.6) is 0 Å². The van der Waals surface area contributed by atoms with Crippen LogP contribution in [0.2, 0.25) is 0 Å². The van der Waals surface area contributed by atoms with Crippen molar-refractivity contribution in [3.05, 3.63) is 48.0 Å². The molecule has 2 aromatic heterocycles. The van der Waals surface area contributed by atoms with Crippen LogP contribution in [0.25, 0.3) is 0 Å². The van der Waals surface area contributed by atoms with Crippen molar-refractivity contribution in [1.82, 2.24) is 19.9 Å². The Kier molecular flexibility index (Phi) is 6.04. The summed E-state index contributed by atoms with van der Waals surface area (Å²) in [7, 11) is 0. The standard InChI is InChI=1S/C19H26N4OS/c1-3-15(2)25-18-21-11-16(12-22-18)14-23-9-6-19(24,7-10-23)17-5-4-8-20-13-17/h4-5,8,11-13,15,24H,3,6-7,9-10,14H2,1-2H3. The first kappa shape index (κ1) is 18.3. The number of hydrogen-bond acceptors (Lipinski definition) is 6. The molecule has 0 spiro atoms. The minimum atomic E-state index is -0.752. The predicted octanol–water partition coefficient (Wildman–Crippen LogP) is 3.25. The fraction of sp³-hybridized carbons (Fsp3) is 0.526. The van der Waals surface area contributed by atoms with Crippen molar-refractivity contribution in [3.63, 3.8) is 0 Å². The number of thioether (sulfide) groups is 1. The van der Waals surface area contributed by atoms with Gasteiger partial charge in [-0.15, -0.1) is 0 Å². The lowest BCUT2D eigenvalue weighted by Gasteiger charge is -2.38. The highest BCUT2D eigenvalue weighted by Crippen LogP contribution is 2.32. The van der Waals surface area contributed by atoms with Gasteiger partial charge in [0.05, 0.1) is 5.60 Å². The molecule has 1 aliphatic heterocycles. The van der Waals surface area contributed by atoms with Crippen molar-refractivity contribution in [2.75, 3.05) is 13.1 Å². The Labute approximate surface area is 153 Å². The number of piperidine rings is 1. The quantitative estimate of drug-likeness (QED) is 0.632. The second-order valence-electron chi connectivity index (χ2n) is 6.76. The summed E-state index contributed by atoms with van der Waals surface area (Å²) in [6.45, 7) is 6.91. The van der Waals surface area contributed by atoms with Crippen molar-refractivity contribution in [3.8, 4) is 0 Å². The molecule has 6 heteroatoms. The molecule has 0 saturated carbocycles. The monoisotopic (exact) mass is 358 g/mol. The maximum absolute atomic E-state index is 10.9. The van der Waals surface area contributed by atoms with Crippen LogP contribution in [0.15, 0.2) is 42.1 Å². The van der Waals surface area contributed by atoms with E-state index in [9.17, 15) is 5.11 Å². The minimum Gasteiger partial charge on any atom is -0.385 e. The van der Waals surface area contributed by atoms with E-state index < -0.39 is 5.60 Å². The molecule has 0 radical (unpaired) electrons. The number of pyridine rings is 1. The molecule has 1 N–H and O–H groups in total. The highest BCUT2D eigenvalue weighted by atomic mass is 32.2. The van der Waals surface area contributed by atoms with Crippen LogP contribution >= 0.6 is 11.8 Å². The number of nitrogens with zero attached hydrogens (tertiary/aromatic N) is 4. The van der Waals surface area contributed by atoms with Crippen LogP contribution in [0.4, 0.5) is 0 Å². The third kappa shape index (κ3) is 4.77. The SMILES string of the molecule is CCC(C)Sc1ncc(CN2CCC(O)(c3cccnc3)CC2)cn1. The lowest BCUT2D eigenvalue weighted by molar-refractivity contribution is -0.0280. The third-order valence-electron chi connectivity index (χ3n) is 4.85. The van der Waals surface area contributed by atoms with Crippen LogP contribution in [0, 0.1) is 0 Å². The molecule has 5 nitrogen and oxygen atoms in total. The van der Waals surface area contributed by atoms with E-state index in [0.717, 1.165) is 55.2 Å². The molecule has 0 bridgehead atoms. The highest BCUT2D eigenvalue weighted by Gasteiger charge is 2.34. The zero-order valence-electron chi connectivity index (χ0n) is 14.9. The summed E-state index contributed by atoms with van der Waals surface area (Å²) in [6, 6.07) is 3.85. The Morgan fingerprint density at radius 2 is 1.96 bits per heavy atom. The maximum atomic E-state index is 10.9. The van der Waals surface area contributed by atoms with Gasteiger partial charge in [-0.25, -0.2) is 9.97 Å². The first-order valence-corrected chi connectivity index (χ1v) is 9.80. The number of likely N-dealkylation sites (tertiary alicyclic amines) is 1. The van der Waals surface area contributed by atoms with E-state index in [2.05, 4.69) is 33.7 Å². The normalized spacial score (nSPS) is 18.8. The summed E-state index contributed by atoms with van der Waals surface area (Å²) in [5, 5.41) is 12.3. The number of rotatable bonds is 6. The lowest BCUT2D eigenvalue weighted by atomic mass is 9.85. The largest absolute Gasteiger partial charge is 0.385 e. The van der Waals surface area contributed by atoms with Crippen LogP contribution in [0.3, 0.4) is 0 Å². The van der Waals surface area contributed by atoms with Crippen molar-refractivity contribution >= 4 is 11.8 Å². The van der Waals surface area contributed by atoms with Gasteiger partial charge in [0.25, 0.3) is 0 Å². The first-order chi connectivity index (χ1) is 12.1. The first-order valence-electron chi connectivity index (χ1n) is 8.92. The van der Waals surface area contributed by atoms with Gasteiger partial charge in [-0.2, -0.15) is 0 Å². The average Bonchev–Trinajstić information content (AvgIpc) is 2.66. The summed E-state index contributed by atoms with van der Waals surface area (Å²) < 4.78 is 0. The van der Waals surface area contributed by atoms with Crippen molar-refractivity contribution in [2.24, 2.45) is 0 Å². The molecule has 134 valence electrons. The van der Waals surface area contributed by atoms with Crippen molar-refractivity contribution in [2.45, 2.75) is 55.7 Å². The van der Waals surface area contributed by atoms with Gasteiger partial charge in [-0.3, -0.25) is 9.88 Å². The highest BCUT2D eigenvalue weighted by molar-refractivity contribution is 7.99. The van der Waals surface area contributed by atoms with Gasteiger partial charge in [0.2, 0.25) is 0 Å². The average molecular weight is 359 g/mol. The van der Waals surface area contributed by atoms with Gasteiger partial charge in [0.15, 0.2) is 5.16 Å². The van der Waals surface area contributed by atoms with Gasteiger partial charge in [0.1, 0.15) is 0 Å². The number of aliphatic hydroxyl groups is 1. The lowest BCUT2D eigenvalue weighted by Crippen LogP contribution is -2.42. The van der Waals surface area contributed by atoms with E-state index >= 15 is 0 Å². The number of hydrogen-bond donors (Lipinski definition) is 1. The van der Waals surface area contributed by atoms with Crippen LogP contribution in [-0.2, 0) is 12.1 Å². The van der Waals surface area contributed by atoms with Gasteiger partial charge in [-0.1, -0.05) is 31.7 Å². The molecule has 1 aliphatic rings. The summed E-state index contributed by atoms with van der Waals surface area (Å²) in [5.74, 6) is 0. The Balaban J connectivity index is 1.54. The number of aromatic nitrogens is 3. The molecule has 1 atom stereocenters. The molecule has 1 unspecified atom stereocenters. The molecule has 2 aromatic rings. The van der Waals surface area contributed by atoms with E-state index in [1.807, 2.05) is 24.5 Å². The molecular formula is C19H26N4OS. The Morgan fingerprint density at radius 1 is 1.24 bits per heavy atom. The Morgan fingerprint density at radius 3 is 2.56 bits per heavy atom. The van der Waals surface area contributed by atoms with E-state index in [4.69, 9.17) is 0 Å².